The fourth-order valence-electron chi connectivity index (χ4n) is 2.60. The quantitative estimate of drug-likeness (QED) is 0.752. The van der Waals surface area contributed by atoms with Gasteiger partial charge in [-0.1, -0.05) is 0 Å². The minimum Gasteiger partial charge on any atom is -0.381 e. The molecule has 0 spiro atoms. The molecule has 2 fully saturated rings. The van der Waals surface area contributed by atoms with Gasteiger partial charge in [-0.15, -0.1) is 0 Å². The summed E-state index contributed by atoms with van der Waals surface area (Å²) in [6, 6.07) is 0. The van der Waals surface area contributed by atoms with Gasteiger partial charge >= 0.3 is 0 Å². The van der Waals surface area contributed by atoms with E-state index in [1.54, 1.807) is 0 Å². The van der Waals surface area contributed by atoms with Gasteiger partial charge in [0.05, 0.1) is 12.2 Å². The van der Waals surface area contributed by atoms with Crippen molar-refractivity contribution >= 4 is 0 Å². The molecule has 0 radical (unpaired) electrons. The minimum absolute atomic E-state index is 0.224. The van der Waals surface area contributed by atoms with Gasteiger partial charge in [-0.3, -0.25) is 0 Å². The number of rotatable bonds is 6. The zero-order valence-electron chi connectivity index (χ0n) is 10.5. The Morgan fingerprint density at radius 1 is 1.31 bits per heavy atom. The molecular formula is C13H25NO2. The van der Waals surface area contributed by atoms with E-state index in [4.69, 9.17) is 9.47 Å². The van der Waals surface area contributed by atoms with Crippen LogP contribution in [0.5, 0.6) is 0 Å². The maximum absolute atomic E-state index is 6.21. The van der Waals surface area contributed by atoms with E-state index in [-0.39, 0.29) is 5.60 Å². The van der Waals surface area contributed by atoms with Gasteiger partial charge in [0, 0.05) is 13.2 Å². The third-order valence-electron chi connectivity index (χ3n) is 4.06. The Labute approximate surface area is 98.9 Å². The van der Waals surface area contributed by atoms with E-state index in [0.29, 0.717) is 0 Å². The predicted octanol–water partition coefficient (Wildman–Crippen LogP) is 1.96. The normalized spacial score (nSPS) is 25.3. The van der Waals surface area contributed by atoms with Crippen LogP contribution >= 0.6 is 0 Å². The first-order chi connectivity index (χ1) is 7.85. The first-order valence-corrected chi connectivity index (χ1v) is 6.71. The van der Waals surface area contributed by atoms with Crippen LogP contribution in [0.2, 0.25) is 0 Å². The standard InChI is InChI=1S/C13H25NO2/c1-14-8-7-13(5-2-6-13)16-11-12-3-9-15-10-4-12/h12,14H,2-11H2,1H3. The second kappa shape index (κ2) is 5.99. The second-order valence-corrected chi connectivity index (χ2v) is 5.26. The van der Waals surface area contributed by atoms with E-state index in [1.165, 1.54) is 38.5 Å². The van der Waals surface area contributed by atoms with E-state index in [9.17, 15) is 0 Å². The van der Waals surface area contributed by atoms with Crippen molar-refractivity contribution in [3.05, 3.63) is 0 Å². The van der Waals surface area contributed by atoms with Crippen molar-refractivity contribution in [3.8, 4) is 0 Å². The Kier molecular flexibility index (Phi) is 4.62. The lowest BCUT2D eigenvalue weighted by Crippen LogP contribution is -2.43. The number of hydrogen-bond acceptors (Lipinski definition) is 3. The van der Waals surface area contributed by atoms with E-state index < -0.39 is 0 Å². The topological polar surface area (TPSA) is 30.5 Å². The van der Waals surface area contributed by atoms with Crippen molar-refractivity contribution < 1.29 is 9.47 Å². The van der Waals surface area contributed by atoms with Gasteiger partial charge in [0.2, 0.25) is 0 Å². The summed E-state index contributed by atoms with van der Waals surface area (Å²) >= 11 is 0. The van der Waals surface area contributed by atoms with Gasteiger partial charge in [-0.2, -0.15) is 0 Å². The molecule has 1 heterocycles. The van der Waals surface area contributed by atoms with Crippen molar-refractivity contribution in [1.82, 2.24) is 5.32 Å². The maximum atomic E-state index is 6.21. The summed E-state index contributed by atoms with van der Waals surface area (Å²) in [5.74, 6) is 0.737. The third kappa shape index (κ3) is 3.19. The number of nitrogens with one attached hydrogen (secondary N) is 1. The van der Waals surface area contributed by atoms with E-state index >= 15 is 0 Å². The predicted molar refractivity (Wildman–Crippen MR) is 64.6 cm³/mol. The summed E-state index contributed by atoms with van der Waals surface area (Å²) in [6.07, 6.45) is 7.41. The van der Waals surface area contributed by atoms with Crippen LogP contribution < -0.4 is 5.32 Å². The summed E-state index contributed by atoms with van der Waals surface area (Å²) in [4.78, 5) is 0. The molecule has 94 valence electrons. The second-order valence-electron chi connectivity index (χ2n) is 5.26. The highest BCUT2D eigenvalue weighted by molar-refractivity contribution is 4.90. The molecule has 2 aliphatic rings. The van der Waals surface area contributed by atoms with E-state index in [2.05, 4.69) is 5.32 Å². The Balaban J connectivity index is 1.69. The van der Waals surface area contributed by atoms with Crippen LogP contribution in [0.25, 0.3) is 0 Å². The lowest BCUT2D eigenvalue weighted by molar-refractivity contribution is -0.123. The van der Waals surface area contributed by atoms with Crippen LogP contribution in [-0.4, -0.2) is 39.0 Å². The summed E-state index contributed by atoms with van der Waals surface area (Å²) in [5.41, 5.74) is 0.224. The summed E-state index contributed by atoms with van der Waals surface area (Å²) in [7, 11) is 2.02. The minimum atomic E-state index is 0.224. The van der Waals surface area contributed by atoms with Gasteiger partial charge in [0.25, 0.3) is 0 Å². The first kappa shape index (κ1) is 12.3. The van der Waals surface area contributed by atoms with E-state index in [1.807, 2.05) is 7.05 Å². The first-order valence-electron chi connectivity index (χ1n) is 6.71. The maximum Gasteiger partial charge on any atom is 0.0694 e. The van der Waals surface area contributed by atoms with Crippen molar-refractivity contribution in [2.45, 2.75) is 44.1 Å². The fraction of sp³-hybridized carbons (Fsp3) is 1.00. The zero-order chi connectivity index (χ0) is 11.3. The molecule has 0 bridgehead atoms. The van der Waals surface area contributed by atoms with Gasteiger partial charge < -0.3 is 14.8 Å². The van der Waals surface area contributed by atoms with Crippen LogP contribution in [0.15, 0.2) is 0 Å². The highest BCUT2D eigenvalue weighted by atomic mass is 16.5. The van der Waals surface area contributed by atoms with Crippen LogP contribution in [-0.2, 0) is 9.47 Å². The molecular weight excluding hydrogens is 202 g/mol. The molecule has 0 aromatic rings. The SMILES string of the molecule is CNCCC1(OCC2CCOCC2)CCC1. The molecule has 1 N–H and O–H groups in total. The van der Waals surface area contributed by atoms with Crippen molar-refractivity contribution in [2.24, 2.45) is 5.92 Å². The van der Waals surface area contributed by atoms with Gasteiger partial charge in [0.15, 0.2) is 0 Å². The summed E-state index contributed by atoms with van der Waals surface area (Å²) < 4.78 is 11.6. The highest BCUT2D eigenvalue weighted by Crippen LogP contribution is 2.39. The molecule has 16 heavy (non-hydrogen) atoms. The number of hydrogen-bond donors (Lipinski definition) is 1. The third-order valence-corrected chi connectivity index (χ3v) is 4.06. The van der Waals surface area contributed by atoms with Crippen LogP contribution in [0, 0.1) is 5.92 Å². The van der Waals surface area contributed by atoms with Gasteiger partial charge in [-0.05, 0) is 58.0 Å². The Hall–Kier alpha value is -0.120. The van der Waals surface area contributed by atoms with Crippen molar-refractivity contribution in [3.63, 3.8) is 0 Å². The molecule has 3 nitrogen and oxygen atoms in total. The lowest BCUT2D eigenvalue weighted by Gasteiger charge is -2.43. The van der Waals surface area contributed by atoms with Crippen LogP contribution in [0.4, 0.5) is 0 Å². The monoisotopic (exact) mass is 227 g/mol. The molecule has 2 rings (SSSR count). The average Bonchev–Trinajstić information content (AvgIpc) is 2.29. The highest BCUT2D eigenvalue weighted by Gasteiger charge is 2.37. The molecule has 0 amide bonds. The largest absolute Gasteiger partial charge is 0.381 e. The Morgan fingerprint density at radius 3 is 2.62 bits per heavy atom. The Morgan fingerprint density at radius 2 is 2.06 bits per heavy atom. The van der Waals surface area contributed by atoms with E-state index in [0.717, 1.165) is 32.3 Å². The van der Waals surface area contributed by atoms with Crippen LogP contribution in [0.3, 0.4) is 0 Å². The molecule has 0 atom stereocenters. The molecule has 3 heteroatoms. The van der Waals surface area contributed by atoms with Gasteiger partial charge in [-0.25, -0.2) is 0 Å². The molecule has 1 aliphatic heterocycles. The lowest BCUT2D eigenvalue weighted by atomic mass is 9.77. The number of ether oxygens (including phenoxy) is 2. The molecule has 1 aliphatic carbocycles. The summed E-state index contributed by atoms with van der Waals surface area (Å²) in [6.45, 7) is 3.88. The molecule has 0 aromatic heterocycles. The molecule has 1 saturated carbocycles. The zero-order valence-corrected chi connectivity index (χ0v) is 10.5. The molecule has 0 aromatic carbocycles. The fourth-order valence-corrected chi connectivity index (χ4v) is 2.60. The van der Waals surface area contributed by atoms with Gasteiger partial charge in [0.1, 0.15) is 0 Å². The summed E-state index contributed by atoms with van der Waals surface area (Å²) in [5, 5.41) is 3.23. The van der Waals surface area contributed by atoms with Crippen molar-refractivity contribution in [1.29, 1.82) is 0 Å². The molecule has 1 saturated heterocycles. The molecule has 0 unspecified atom stereocenters. The average molecular weight is 227 g/mol. The van der Waals surface area contributed by atoms with Crippen molar-refractivity contribution in [2.75, 3.05) is 33.4 Å². The smallest absolute Gasteiger partial charge is 0.0694 e. The van der Waals surface area contributed by atoms with Crippen LogP contribution in [0.1, 0.15) is 38.5 Å². The Bertz CT molecular complexity index is 198.